The number of carbonyl (C=O) groups is 4. The molecule has 1 aromatic carbocycles. The fraction of sp³-hybridized carbons (Fsp3) is 0.700. The zero-order valence-corrected chi connectivity index (χ0v) is 33.4. The normalized spacial score (nSPS) is 35.4. The first-order valence-electron chi connectivity index (χ1n) is 18.9. The maximum absolute atomic E-state index is 15.9. The van der Waals surface area contributed by atoms with Gasteiger partial charge in [0.05, 0.1) is 35.7 Å². The highest BCUT2D eigenvalue weighted by Crippen LogP contribution is 2.65. The minimum absolute atomic E-state index is 0.0333. The van der Waals surface area contributed by atoms with E-state index in [1.165, 1.54) is 6.92 Å². The second kappa shape index (κ2) is 14.4. The van der Waals surface area contributed by atoms with E-state index in [1.54, 1.807) is 58.0 Å². The molecule has 3 fully saturated rings. The predicted octanol–water partition coefficient (Wildman–Crippen LogP) is 5.71. The van der Waals surface area contributed by atoms with Crippen LogP contribution in [0.15, 0.2) is 41.5 Å². The number of hydrogen-bond acceptors (Lipinski definition) is 11. The number of fused-ring (bicyclic) bond motifs is 5. The van der Waals surface area contributed by atoms with Crippen molar-refractivity contribution in [3.63, 3.8) is 0 Å². The van der Waals surface area contributed by atoms with Gasteiger partial charge in [0.25, 0.3) is 0 Å². The molecular weight excluding hydrogens is 685 g/mol. The molecule has 1 saturated heterocycles. The second-order valence-corrected chi connectivity index (χ2v) is 21.3. The van der Waals surface area contributed by atoms with Crippen LogP contribution in [0, 0.1) is 22.7 Å². The Morgan fingerprint density at radius 1 is 1.02 bits per heavy atom. The molecule has 12 heteroatoms. The van der Waals surface area contributed by atoms with Crippen LogP contribution in [0.3, 0.4) is 0 Å². The molecule has 0 amide bonds. The van der Waals surface area contributed by atoms with E-state index >= 15 is 4.79 Å². The Hall–Kier alpha value is -2.90. The van der Waals surface area contributed by atoms with Crippen LogP contribution in [-0.2, 0) is 37.8 Å². The van der Waals surface area contributed by atoms with E-state index in [-0.39, 0.29) is 42.9 Å². The molecule has 1 aliphatic heterocycles. The third-order valence-corrected chi connectivity index (χ3v) is 17.7. The molecule has 2 N–H and O–H groups in total. The minimum Gasteiger partial charge on any atom is -0.455 e. The van der Waals surface area contributed by atoms with Gasteiger partial charge in [-0.25, -0.2) is 4.79 Å². The summed E-state index contributed by atoms with van der Waals surface area (Å²) in [6.45, 7) is 18.0. The first kappa shape index (κ1) is 40.3. The van der Waals surface area contributed by atoms with Gasteiger partial charge in [-0.15, -0.1) is 0 Å². The third kappa shape index (κ3) is 6.29. The Bertz CT molecular complexity index is 1580. The quantitative estimate of drug-likeness (QED) is 0.124. The van der Waals surface area contributed by atoms with E-state index < -0.39 is 90.5 Å². The van der Waals surface area contributed by atoms with Crippen molar-refractivity contribution in [2.24, 2.45) is 22.7 Å². The van der Waals surface area contributed by atoms with Gasteiger partial charge in [-0.3, -0.25) is 14.4 Å². The maximum atomic E-state index is 15.9. The average Bonchev–Trinajstić information content (AvgIpc) is 3.08. The molecule has 0 spiro atoms. The Morgan fingerprint density at radius 3 is 2.15 bits per heavy atom. The van der Waals surface area contributed by atoms with Crippen molar-refractivity contribution in [1.29, 1.82) is 0 Å². The summed E-state index contributed by atoms with van der Waals surface area (Å²) in [5.74, 6) is -3.85. The van der Waals surface area contributed by atoms with E-state index in [0.717, 1.165) is 18.1 Å². The van der Waals surface area contributed by atoms with Crippen LogP contribution in [0.1, 0.15) is 98.9 Å². The monoisotopic (exact) mass is 742 g/mol. The fourth-order valence-corrected chi connectivity index (χ4v) is 12.6. The molecule has 0 unspecified atom stereocenters. The maximum Gasteiger partial charge on any atom is 0.338 e. The summed E-state index contributed by atoms with van der Waals surface area (Å²) in [4.78, 5) is 56.8. The van der Waals surface area contributed by atoms with Gasteiger partial charge in [0, 0.05) is 31.6 Å². The topological polar surface area (TPSA) is 155 Å². The largest absolute Gasteiger partial charge is 0.455 e. The van der Waals surface area contributed by atoms with Crippen molar-refractivity contribution in [3.05, 3.63) is 47.0 Å². The Kier molecular flexibility index (Phi) is 11.1. The van der Waals surface area contributed by atoms with Crippen LogP contribution in [-0.4, -0.2) is 90.6 Å². The standard InChI is InChI=1S/C40H58O11Si/c1-11-52(12-2,13-3)51-28-20-29-39(22-47-29,50-25(7)41)33-35(49-36(45)26-17-15-14-16-18-26)40(46)21-27(42)24(6)31(37(40,8)9)32(34(44)38(28,33)10)48-30(43)19-23(4)5/h14-18,23,27-29,32-33,35,42,46H,11-13,19-22H2,1-10H3/t27-,28-,29+,32+,33-,35-,38+,39-,40+/m0/s1. The van der Waals surface area contributed by atoms with Gasteiger partial charge in [0.15, 0.2) is 25.8 Å². The Balaban J connectivity index is 1.87. The highest BCUT2D eigenvalue weighted by Gasteiger charge is 2.78. The predicted molar refractivity (Wildman–Crippen MR) is 195 cm³/mol. The van der Waals surface area contributed by atoms with E-state index in [2.05, 4.69) is 20.8 Å². The smallest absolute Gasteiger partial charge is 0.338 e. The molecule has 9 atom stereocenters. The van der Waals surface area contributed by atoms with Crippen LogP contribution in [0.25, 0.3) is 0 Å². The van der Waals surface area contributed by atoms with Gasteiger partial charge in [-0.1, -0.05) is 66.7 Å². The van der Waals surface area contributed by atoms with Crippen LogP contribution >= 0.6 is 0 Å². The molecule has 288 valence electrons. The molecule has 52 heavy (non-hydrogen) atoms. The number of aliphatic hydroxyl groups excluding tert-OH is 1. The van der Waals surface area contributed by atoms with Crippen molar-refractivity contribution < 1.29 is 52.8 Å². The minimum atomic E-state index is -2.50. The molecule has 2 saturated carbocycles. The first-order valence-corrected chi connectivity index (χ1v) is 21.4. The number of aliphatic hydroxyl groups is 2. The molecule has 0 aromatic heterocycles. The summed E-state index contributed by atoms with van der Waals surface area (Å²) in [5.41, 5.74) is -5.84. The summed E-state index contributed by atoms with van der Waals surface area (Å²) < 4.78 is 32.4. The number of rotatable bonds is 11. The number of hydrogen-bond donors (Lipinski definition) is 2. The Morgan fingerprint density at radius 2 is 1.63 bits per heavy atom. The van der Waals surface area contributed by atoms with Gasteiger partial charge in [-0.05, 0) is 61.2 Å². The summed E-state index contributed by atoms with van der Waals surface area (Å²) in [6.07, 6.45) is -6.04. The van der Waals surface area contributed by atoms with Crippen molar-refractivity contribution >= 4 is 32.0 Å². The number of ketones is 1. The van der Waals surface area contributed by atoms with Crippen LogP contribution in [0.5, 0.6) is 0 Å². The van der Waals surface area contributed by atoms with Gasteiger partial charge in [0.2, 0.25) is 0 Å². The van der Waals surface area contributed by atoms with Crippen molar-refractivity contribution in [1.82, 2.24) is 0 Å². The van der Waals surface area contributed by atoms with Gasteiger partial charge < -0.3 is 33.6 Å². The summed E-state index contributed by atoms with van der Waals surface area (Å²) in [5, 5.41) is 25.1. The lowest BCUT2D eigenvalue weighted by Crippen LogP contribution is -2.82. The molecule has 1 aromatic rings. The molecule has 0 radical (unpaired) electrons. The molecule has 11 nitrogen and oxygen atoms in total. The van der Waals surface area contributed by atoms with E-state index in [9.17, 15) is 24.6 Å². The SMILES string of the molecule is CC[Si](CC)(CC)O[C@H]1C[C@H]2OC[C@@]2(OC(C)=O)[C@H]2[C@H](OC(=O)c3ccccc3)[C@]3(O)C[C@H](O)C(C)=C([C@@H](OC(=O)CC(C)C)C(=O)[C@]12C)C3(C)C. The molecule has 4 aliphatic rings. The van der Waals surface area contributed by atoms with Crippen LogP contribution < -0.4 is 0 Å². The summed E-state index contributed by atoms with van der Waals surface area (Å²) >= 11 is 0. The molecule has 1 heterocycles. The van der Waals surface area contributed by atoms with Gasteiger partial charge in [-0.2, -0.15) is 0 Å². The highest BCUT2D eigenvalue weighted by molar-refractivity contribution is 6.73. The van der Waals surface area contributed by atoms with Crippen molar-refractivity contribution in [2.45, 2.75) is 148 Å². The lowest BCUT2D eigenvalue weighted by Gasteiger charge is -2.68. The zero-order chi connectivity index (χ0) is 38.6. The third-order valence-electron chi connectivity index (χ3n) is 13.0. The van der Waals surface area contributed by atoms with Crippen LogP contribution in [0.4, 0.5) is 0 Å². The fourth-order valence-electron chi connectivity index (χ4n) is 9.70. The van der Waals surface area contributed by atoms with E-state index in [1.807, 2.05) is 13.8 Å². The summed E-state index contributed by atoms with van der Waals surface area (Å²) in [7, 11) is -2.50. The number of carbonyl (C=O) groups excluding carboxylic acids is 4. The van der Waals surface area contributed by atoms with E-state index in [0.29, 0.717) is 5.57 Å². The molecule has 2 bridgehead atoms. The number of benzene rings is 1. The lowest BCUT2D eigenvalue weighted by atomic mass is 9.44. The second-order valence-electron chi connectivity index (χ2n) is 16.6. The van der Waals surface area contributed by atoms with Gasteiger partial charge in [0.1, 0.15) is 17.8 Å². The lowest BCUT2D eigenvalue weighted by molar-refractivity contribution is -0.344. The zero-order valence-electron chi connectivity index (χ0n) is 32.4. The first-order chi connectivity index (χ1) is 24.3. The number of ether oxygens (including phenoxy) is 4. The van der Waals surface area contributed by atoms with Crippen LogP contribution in [0.2, 0.25) is 18.1 Å². The average molecular weight is 743 g/mol. The van der Waals surface area contributed by atoms with Crippen molar-refractivity contribution in [2.75, 3.05) is 6.61 Å². The molecular formula is C40H58O11Si. The molecule has 5 rings (SSSR count). The highest BCUT2D eigenvalue weighted by atomic mass is 28.4. The number of esters is 3. The number of Topliss-reactive ketones (excluding diaryl/α,β-unsaturated/α-hetero) is 1. The van der Waals surface area contributed by atoms with Crippen molar-refractivity contribution in [3.8, 4) is 0 Å². The van der Waals surface area contributed by atoms with E-state index in [4.69, 9.17) is 23.4 Å². The molecule has 3 aliphatic carbocycles. The summed E-state index contributed by atoms with van der Waals surface area (Å²) in [6, 6.07) is 10.6. The Labute approximate surface area is 308 Å². The van der Waals surface area contributed by atoms with Gasteiger partial charge >= 0.3 is 17.9 Å².